The summed E-state index contributed by atoms with van der Waals surface area (Å²) in [6.07, 6.45) is 3.53. The van der Waals surface area contributed by atoms with Gasteiger partial charge in [0, 0.05) is 29.6 Å². The number of thiazole rings is 1. The first-order valence-electron chi connectivity index (χ1n) is 6.97. The van der Waals surface area contributed by atoms with E-state index in [1.54, 1.807) is 23.1 Å². The van der Waals surface area contributed by atoms with Gasteiger partial charge in [-0.05, 0) is 37.9 Å². The van der Waals surface area contributed by atoms with Crippen LogP contribution in [-0.2, 0) is 0 Å². The summed E-state index contributed by atoms with van der Waals surface area (Å²) in [5.41, 5.74) is 1.07. The lowest BCUT2D eigenvalue weighted by molar-refractivity contribution is 0.868. The average molecular weight is 306 g/mol. The summed E-state index contributed by atoms with van der Waals surface area (Å²) in [5, 5.41) is 6.43. The van der Waals surface area contributed by atoms with Gasteiger partial charge < -0.3 is 5.32 Å². The zero-order valence-corrected chi connectivity index (χ0v) is 13.4. The number of hydrogen-bond donors (Lipinski definition) is 1. The topological polar surface area (TPSA) is 50.7 Å². The number of aromatic nitrogens is 3. The van der Waals surface area contributed by atoms with Gasteiger partial charge >= 0.3 is 0 Å². The van der Waals surface area contributed by atoms with E-state index in [4.69, 9.17) is 0 Å². The summed E-state index contributed by atoms with van der Waals surface area (Å²) >= 11 is 3.30. The lowest BCUT2D eigenvalue weighted by Crippen LogP contribution is -2.05. The molecule has 0 unspecified atom stereocenters. The highest BCUT2D eigenvalue weighted by molar-refractivity contribution is 8.01. The Morgan fingerprint density at radius 2 is 2.20 bits per heavy atom. The van der Waals surface area contributed by atoms with Gasteiger partial charge in [-0.15, -0.1) is 11.3 Å². The van der Waals surface area contributed by atoms with Crippen LogP contribution in [0.4, 0.5) is 5.82 Å². The van der Waals surface area contributed by atoms with E-state index >= 15 is 0 Å². The Kier molecular flexibility index (Phi) is 4.21. The van der Waals surface area contributed by atoms with E-state index in [0.29, 0.717) is 5.92 Å². The van der Waals surface area contributed by atoms with Gasteiger partial charge in [0.1, 0.15) is 16.7 Å². The van der Waals surface area contributed by atoms with Crippen LogP contribution in [0.2, 0.25) is 0 Å². The quantitative estimate of drug-likeness (QED) is 0.815. The summed E-state index contributed by atoms with van der Waals surface area (Å²) in [5.74, 6) is 2.50. The minimum atomic E-state index is 0.566. The van der Waals surface area contributed by atoms with Crippen LogP contribution in [0, 0.1) is 6.92 Å². The van der Waals surface area contributed by atoms with Crippen molar-refractivity contribution >= 4 is 28.9 Å². The van der Waals surface area contributed by atoms with Crippen LogP contribution in [0.3, 0.4) is 0 Å². The van der Waals surface area contributed by atoms with Gasteiger partial charge in [0.05, 0.1) is 0 Å². The number of hydrogen-bond acceptors (Lipinski definition) is 6. The van der Waals surface area contributed by atoms with Crippen molar-refractivity contribution in [2.75, 3.05) is 11.9 Å². The molecule has 4 nitrogen and oxygen atoms in total. The molecule has 1 N–H and O–H groups in total. The maximum Gasteiger partial charge on any atom is 0.156 e. The Morgan fingerprint density at radius 1 is 1.35 bits per heavy atom. The SMILES string of the molecule is CCCNc1cc(Sc2nc(C)cs2)nc(C2CC2)n1. The smallest absolute Gasteiger partial charge is 0.156 e. The molecule has 2 aromatic heterocycles. The molecule has 1 aliphatic rings. The number of aryl methyl sites for hydroxylation is 1. The van der Waals surface area contributed by atoms with Crippen LogP contribution < -0.4 is 5.32 Å². The fourth-order valence-corrected chi connectivity index (χ4v) is 3.62. The lowest BCUT2D eigenvalue weighted by atomic mass is 10.4. The maximum absolute atomic E-state index is 4.69. The predicted octanol–water partition coefficient (Wildman–Crippen LogP) is 4.09. The molecule has 0 saturated heterocycles. The third kappa shape index (κ3) is 3.49. The van der Waals surface area contributed by atoms with Gasteiger partial charge in [-0.1, -0.05) is 6.92 Å². The highest BCUT2D eigenvalue weighted by Crippen LogP contribution is 2.40. The van der Waals surface area contributed by atoms with E-state index in [1.165, 1.54) is 12.8 Å². The third-order valence-corrected chi connectivity index (χ3v) is 4.98. The first-order valence-corrected chi connectivity index (χ1v) is 8.67. The molecule has 0 radical (unpaired) electrons. The number of nitrogens with one attached hydrogen (secondary N) is 1. The molecule has 2 heterocycles. The minimum Gasteiger partial charge on any atom is -0.370 e. The molecule has 0 spiro atoms. The summed E-state index contributed by atoms with van der Waals surface area (Å²) in [6.45, 7) is 5.12. The van der Waals surface area contributed by atoms with Crippen molar-refractivity contribution in [2.45, 2.75) is 48.4 Å². The Morgan fingerprint density at radius 3 is 2.85 bits per heavy atom. The zero-order chi connectivity index (χ0) is 13.9. The summed E-state index contributed by atoms with van der Waals surface area (Å²) in [4.78, 5) is 13.8. The second-order valence-electron chi connectivity index (χ2n) is 5.01. The van der Waals surface area contributed by atoms with E-state index in [0.717, 1.165) is 39.7 Å². The van der Waals surface area contributed by atoms with Crippen LogP contribution in [0.15, 0.2) is 20.8 Å². The van der Waals surface area contributed by atoms with Crippen LogP contribution in [-0.4, -0.2) is 21.5 Å². The van der Waals surface area contributed by atoms with Crippen molar-refractivity contribution in [1.82, 2.24) is 15.0 Å². The van der Waals surface area contributed by atoms with Crippen molar-refractivity contribution in [2.24, 2.45) is 0 Å². The van der Waals surface area contributed by atoms with Crippen LogP contribution >= 0.6 is 23.1 Å². The Bertz CT molecular complexity index is 593. The highest BCUT2D eigenvalue weighted by Gasteiger charge is 2.27. The van der Waals surface area contributed by atoms with Crippen LogP contribution in [0.5, 0.6) is 0 Å². The van der Waals surface area contributed by atoms with Gasteiger partial charge in [0.2, 0.25) is 0 Å². The molecule has 0 amide bonds. The van der Waals surface area contributed by atoms with Crippen molar-refractivity contribution in [3.8, 4) is 0 Å². The molecule has 20 heavy (non-hydrogen) atoms. The van der Waals surface area contributed by atoms with Gasteiger partial charge in [0.25, 0.3) is 0 Å². The molecule has 1 aliphatic carbocycles. The molecule has 0 aromatic carbocycles. The van der Waals surface area contributed by atoms with E-state index in [2.05, 4.69) is 32.6 Å². The molecule has 6 heteroatoms. The Labute approximate surface area is 127 Å². The normalized spacial score (nSPS) is 14.5. The summed E-state index contributed by atoms with van der Waals surface area (Å²) < 4.78 is 1.05. The molecule has 1 saturated carbocycles. The zero-order valence-electron chi connectivity index (χ0n) is 11.7. The maximum atomic E-state index is 4.69. The largest absolute Gasteiger partial charge is 0.370 e. The fourth-order valence-electron chi connectivity index (χ4n) is 1.83. The van der Waals surface area contributed by atoms with Crippen molar-refractivity contribution < 1.29 is 0 Å². The Balaban J connectivity index is 1.82. The molecule has 106 valence electrons. The second kappa shape index (κ2) is 6.10. The molecule has 1 fully saturated rings. The van der Waals surface area contributed by atoms with E-state index < -0.39 is 0 Å². The molecule has 0 bridgehead atoms. The first-order chi connectivity index (χ1) is 9.74. The molecule has 3 rings (SSSR count). The summed E-state index contributed by atoms with van der Waals surface area (Å²) in [7, 11) is 0. The van der Waals surface area contributed by atoms with Crippen molar-refractivity contribution in [3.63, 3.8) is 0 Å². The third-order valence-electron chi connectivity index (χ3n) is 3.01. The number of anilines is 1. The standard InChI is InChI=1S/C14H18N4S2/c1-3-6-15-11-7-12(18-13(17-11)10-4-5-10)20-14-16-9(2)8-19-14/h7-8,10H,3-6H2,1-2H3,(H,15,17,18). The van der Waals surface area contributed by atoms with Gasteiger partial charge in [-0.3, -0.25) is 0 Å². The van der Waals surface area contributed by atoms with Gasteiger partial charge in [-0.25, -0.2) is 15.0 Å². The van der Waals surface area contributed by atoms with E-state index in [-0.39, 0.29) is 0 Å². The second-order valence-corrected chi connectivity index (χ2v) is 7.13. The van der Waals surface area contributed by atoms with Gasteiger partial charge in [-0.2, -0.15) is 0 Å². The molecule has 2 aromatic rings. The van der Waals surface area contributed by atoms with E-state index in [9.17, 15) is 0 Å². The first kappa shape index (κ1) is 13.8. The van der Waals surface area contributed by atoms with Crippen LogP contribution in [0.1, 0.15) is 43.6 Å². The van der Waals surface area contributed by atoms with E-state index in [1.807, 2.05) is 13.0 Å². The Hall–Kier alpha value is -1.14. The molecule has 0 atom stereocenters. The lowest BCUT2D eigenvalue weighted by Gasteiger charge is -2.08. The minimum absolute atomic E-state index is 0.566. The highest BCUT2D eigenvalue weighted by atomic mass is 32.2. The fraction of sp³-hybridized carbons (Fsp3) is 0.500. The molecule has 0 aliphatic heterocycles. The van der Waals surface area contributed by atoms with Crippen molar-refractivity contribution in [1.29, 1.82) is 0 Å². The molecular weight excluding hydrogens is 288 g/mol. The monoisotopic (exact) mass is 306 g/mol. The van der Waals surface area contributed by atoms with Crippen LogP contribution in [0.25, 0.3) is 0 Å². The average Bonchev–Trinajstić information content (AvgIpc) is 3.21. The summed E-state index contributed by atoms with van der Waals surface area (Å²) in [6, 6.07) is 2.03. The molecular formula is C14H18N4S2. The number of nitrogens with zero attached hydrogens (tertiary/aromatic N) is 3. The number of rotatable bonds is 6. The van der Waals surface area contributed by atoms with Crippen molar-refractivity contribution in [3.05, 3.63) is 23.0 Å². The predicted molar refractivity (Wildman–Crippen MR) is 83.8 cm³/mol. The van der Waals surface area contributed by atoms with Gasteiger partial charge in [0.15, 0.2) is 4.34 Å².